The van der Waals surface area contributed by atoms with E-state index in [0.717, 1.165) is 39.0 Å². The van der Waals surface area contributed by atoms with E-state index in [1.807, 2.05) is 30.7 Å². The maximum atomic E-state index is 10.9. The Bertz CT molecular complexity index is 901. The third kappa shape index (κ3) is 11.6. The Balaban J connectivity index is 0.000000337. The SMILES string of the molecule is CC(=O)CCCN1CCCC1c1cccnc1.O=C([O-])CCCN1CCCC1c1cccnc1.[2H]C#C.[Li+]. The molecule has 7 nitrogen and oxygen atoms in total. The molecule has 2 unspecified atom stereocenters. The minimum absolute atomic E-state index is 0. The first kappa shape index (κ1) is 30.7. The number of hydrogen-bond acceptors (Lipinski definition) is 7. The summed E-state index contributed by atoms with van der Waals surface area (Å²) in [5.41, 5.74) is 2.55. The van der Waals surface area contributed by atoms with Gasteiger partial charge in [-0.05, 0) is 101 Å². The molecule has 0 saturated carbocycles. The molecular formula is C29H39LiN4O3. The van der Waals surface area contributed by atoms with Crippen LogP contribution >= 0.6 is 0 Å². The van der Waals surface area contributed by atoms with Crippen LogP contribution in [0.3, 0.4) is 0 Å². The second-order valence-electron chi connectivity index (χ2n) is 9.24. The number of rotatable bonds is 10. The van der Waals surface area contributed by atoms with Gasteiger partial charge in [-0.15, -0.1) is 12.8 Å². The van der Waals surface area contributed by atoms with Crippen LogP contribution in [0.2, 0.25) is 0 Å². The van der Waals surface area contributed by atoms with Crippen molar-refractivity contribution in [3.05, 3.63) is 60.2 Å². The predicted octanol–water partition coefficient (Wildman–Crippen LogP) is 0.590. The van der Waals surface area contributed by atoms with Gasteiger partial charge in [-0.1, -0.05) is 12.1 Å². The molecule has 2 atom stereocenters. The average Bonchev–Trinajstić information content (AvgIpc) is 3.55. The van der Waals surface area contributed by atoms with E-state index in [1.54, 1.807) is 13.1 Å². The van der Waals surface area contributed by atoms with Crippen LogP contribution in [0, 0.1) is 12.8 Å². The molecule has 2 aliphatic heterocycles. The van der Waals surface area contributed by atoms with E-state index in [-0.39, 0.29) is 25.3 Å². The molecule has 2 aromatic heterocycles. The number of Topliss-reactive ketones (excluding diaryl/α,β-unsaturated/α-hetero) is 1. The first-order chi connectivity index (χ1) is 18.0. The van der Waals surface area contributed by atoms with E-state index in [4.69, 9.17) is 1.37 Å². The van der Waals surface area contributed by atoms with Crippen LogP contribution < -0.4 is 24.0 Å². The van der Waals surface area contributed by atoms with Gasteiger partial charge in [-0.25, -0.2) is 0 Å². The van der Waals surface area contributed by atoms with Crippen molar-refractivity contribution in [2.75, 3.05) is 26.2 Å². The number of ketones is 1. The maximum absolute atomic E-state index is 10.9. The van der Waals surface area contributed by atoms with Crippen LogP contribution in [0.15, 0.2) is 49.1 Å². The molecule has 2 saturated heterocycles. The number of terminal acetylenes is 1. The molecule has 0 N–H and O–H groups in total. The van der Waals surface area contributed by atoms with E-state index >= 15 is 0 Å². The summed E-state index contributed by atoms with van der Waals surface area (Å²) in [5.74, 6) is -0.663. The Morgan fingerprint density at radius 3 is 1.81 bits per heavy atom. The molecule has 2 aliphatic rings. The van der Waals surface area contributed by atoms with Gasteiger partial charge in [0.15, 0.2) is 0 Å². The molecule has 37 heavy (non-hydrogen) atoms. The molecule has 2 aromatic rings. The van der Waals surface area contributed by atoms with E-state index < -0.39 is 5.97 Å². The molecule has 194 valence electrons. The van der Waals surface area contributed by atoms with Crippen LogP contribution in [0.5, 0.6) is 0 Å². The fourth-order valence-electron chi connectivity index (χ4n) is 5.05. The number of carboxylic acid groups (broad SMARTS) is 1. The van der Waals surface area contributed by atoms with Crippen LogP contribution in [0.25, 0.3) is 0 Å². The van der Waals surface area contributed by atoms with E-state index in [1.165, 1.54) is 36.8 Å². The summed E-state index contributed by atoms with van der Waals surface area (Å²) in [4.78, 5) is 34.5. The molecule has 0 spiro atoms. The third-order valence-corrected chi connectivity index (χ3v) is 6.67. The molecule has 0 aromatic carbocycles. The van der Waals surface area contributed by atoms with E-state index in [2.05, 4.69) is 38.3 Å². The van der Waals surface area contributed by atoms with Crippen molar-refractivity contribution >= 4 is 11.8 Å². The Morgan fingerprint density at radius 1 is 0.973 bits per heavy atom. The summed E-state index contributed by atoms with van der Waals surface area (Å²) in [5, 5.41) is 10.4. The molecule has 0 radical (unpaired) electrons. The van der Waals surface area contributed by atoms with Crippen LogP contribution in [-0.2, 0) is 9.59 Å². The number of pyridine rings is 2. The van der Waals surface area contributed by atoms with Crippen molar-refractivity contribution in [2.24, 2.45) is 0 Å². The Morgan fingerprint density at radius 2 is 1.43 bits per heavy atom. The molecule has 2 fully saturated rings. The topological polar surface area (TPSA) is 89.5 Å². The minimum Gasteiger partial charge on any atom is -0.550 e. The van der Waals surface area contributed by atoms with Gasteiger partial charge in [-0.2, -0.15) is 0 Å². The van der Waals surface area contributed by atoms with Gasteiger partial charge in [0.05, 0.1) is 0 Å². The normalized spacial score (nSPS) is 19.2. The number of aliphatic carboxylic acids is 1. The zero-order valence-electron chi connectivity index (χ0n) is 23.3. The Labute approximate surface area is 235 Å². The zero-order valence-corrected chi connectivity index (χ0v) is 22.3. The number of aromatic nitrogens is 2. The summed E-state index contributed by atoms with van der Waals surface area (Å²) < 4.78 is 5.74. The smallest absolute Gasteiger partial charge is 0.550 e. The molecule has 4 rings (SSSR count). The average molecular weight is 500 g/mol. The van der Waals surface area contributed by atoms with Crippen molar-refractivity contribution in [1.29, 1.82) is 0 Å². The summed E-state index contributed by atoms with van der Waals surface area (Å²) >= 11 is 0. The Kier molecular flexibility index (Phi) is 15.5. The van der Waals surface area contributed by atoms with Gasteiger partial charge in [0, 0.05) is 49.3 Å². The molecule has 0 aliphatic carbocycles. The number of carbonyl (C=O) groups is 2. The van der Waals surface area contributed by atoms with Gasteiger partial charge in [0.2, 0.25) is 0 Å². The van der Waals surface area contributed by atoms with Crippen molar-refractivity contribution in [3.63, 3.8) is 0 Å². The van der Waals surface area contributed by atoms with E-state index in [9.17, 15) is 14.7 Å². The predicted molar refractivity (Wildman–Crippen MR) is 140 cm³/mol. The summed E-state index contributed by atoms with van der Waals surface area (Å²) in [6.07, 6.45) is 20.5. The summed E-state index contributed by atoms with van der Waals surface area (Å²) in [7, 11) is 0. The Hall–Kier alpha value is -2.48. The first-order valence-corrected chi connectivity index (χ1v) is 12.8. The molecule has 0 amide bonds. The summed E-state index contributed by atoms with van der Waals surface area (Å²) in [6, 6.07) is 9.12. The van der Waals surface area contributed by atoms with Gasteiger partial charge < -0.3 is 14.7 Å². The number of likely N-dealkylation sites (tertiary alicyclic amines) is 2. The molecule has 8 heteroatoms. The third-order valence-electron chi connectivity index (χ3n) is 6.67. The van der Waals surface area contributed by atoms with Gasteiger partial charge >= 0.3 is 18.9 Å². The van der Waals surface area contributed by atoms with Crippen LogP contribution in [0.4, 0.5) is 0 Å². The fraction of sp³-hybridized carbons (Fsp3) is 0.517. The maximum Gasteiger partial charge on any atom is 1.00 e. The largest absolute Gasteiger partial charge is 1.00 e. The van der Waals surface area contributed by atoms with Crippen molar-refractivity contribution in [2.45, 2.75) is 70.4 Å². The van der Waals surface area contributed by atoms with Gasteiger partial charge in [0.1, 0.15) is 7.15 Å². The minimum atomic E-state index is -0.956. The number of carbonyl (C=O) groups excluding carboxylic acids is 2. The molecule has 0 bridgehead atoms. The van der Waals surface area contributed by atoms with Crippen molar-refractivity contribution < 1.29 is 34.9 Å². The quantitative estimate of drug-likeness (QED) is 0.349. The number of hydrogen-bond donors (Lipinski definition) is 0. The summed E-state index contributed by atoms with van der Waals surface area (Å²) in [6.45, 7) is 5.72. The van der Waals surface area contributed by atoms with Crippen molar-refractivity contribution in [3.8, 4) is 12.8 Å². The fourth-order valence-corrected chi connectivity index (χ4v) is 5.05. The molecule has 4 heterocycles. The van der Waals surface area contributed by atoms with E-state index in [0.29, 0.717) is 30.7 Å². The standard InChI is InChI=1S/C14H20N2O.C13H18N2O2.C2H2.Li/c1-12(17)5-3-9-16-10-4-7-14(16)13-6-2-8-15-11-13;16-13(17)6-3-9-15-8-2-5-12(15)11-4-1-7-14-10-11;1-2;/h2,6,8,11,14H,3-5,7,9-10H2,1H3;1,4,7,10,12H,2-3,5-6,8-9H2,(H,16,17);1-2H;/q;;;+1/p-1/i;;1D;. The monoisotopic (exact) mass is 499 g/mol. The molecular weight excluding hydrogens is 459 g/mol. The van der Waals surface area contributed by atoms with Gasteiger partial charge in [0.25, 0.3) is 0 Å². The van der Waals surface area contributed by atoms with Gasteiger partial charge in [-0.3, -0.25) is 19.8 Å². The second kappa shape index (κ2) is 18.7. The zero-order chi connectivity index (χ0) is 26.9. The number of nitrogens with zero attached hydrogens (tertiary/aromatic N) is 4. The van der Waals surface area contributed by atoms with Crippen molar-refractivity contribution in [1.82, 2.24) is 19.8 Å². The second-order valence-corrected chi connectivity index (χ2v) is 9.24. The van der Waals surface area contributed by atoms with Crippen LogP contribution in [-0.4, -0.2) is 57.7 Å². The number of carboxylic acids is 1. The van der Waals surface area contributed by atoms with Crippen LogP contribution in [0.1, 0.15) is 82.9 Å². The first-order valence-electron chi connectivity index (χ1n) is 13.3.